The van der Waals surface area contributed by atoms with Crippen LogP contribution in [-0.4, -0.2) is 30.0 Å². The van der Waals surface area contributed by atoms with Gasteiger partial charge in [-0.3, -0.25) is 9.88 Å². The fourth-order valence-corrected chi connectivity index (χ4v) is 2.46. The maximum Gasteiger partial charge on any atom is 0.327 e. The van der Waals surface area contributed by atoms with Crippen LogP contribution in [0.4, 0.5) is 0 Å². The highest BCUT2D eigenvalue weighted by molar-refractivity contribution is 9.10. The van der Waals surface area contributed by atoms with Crippen molar-refractivity contribution < 1.29 is 9.53 Å². The molecule has 1 aromatic carbocycles. The SMILES string of the molecule is COC(=O)[C@@H](c1ccc(Br)cc1)N(C)Cc1ccncc1. The molecular weight excluding hydrogens is 332 g/mol. The summed E-state index contributed by atoms with van der Waals surface area (Å²) in [5.74, 6) is -0.270. The number of methoxy groups -OCH3 is 1. The number of likely N-dealkylation sites (N-methyl/N-ethyl adjacent to an activating group) is 1. The van der Waals surface area contributed by atoms with E-state index in [-0.39, 0.29) is 5.97 Å². The lowest BCUT2D eigenvalue weighted by Gasteiger charge is -2.26. The van der Waals surface area contributed by atoms with E-state index in [9.17, 15) is 4.79 Å². The van der Waals surface area contributed by atoms with Gasteiger partial charge in [-0.15, -0.1) is 0 Å². The Morgan fingerprint density at radius 2 is 1.86 bits per heavy atom. The lowest BCUT2D eigenvalue weighted by Crippen LogP contribution is -2.31. The third kappa shape index (κ3) is 4.12. The van der Waals surface area contributed by atoms with E-state index in [1.165, 1.54) is 7.11 Å². The van der Waals surface area contributed by atoms with Gasteiger partial charge in [0.05, 0.1) is 7.11 Å². The summed E-state index contributed by atoms with van der Waals surface area (Å²) in [5, 5.41) is 0. The standard InChI is InChI=1S/C16H17BrN2O2/c1-19(11-12-7-9-18-10-8-12)15(16(20)21-2)13-3-5-14(17)6-4-13/h3-10,15H,11H2,1-2H3/t15-/m1/s1. The fraction of sp³-hybridized carbons (Fsp3) is 0.250. The quantitative estimate of drug-likeness (QED) is 0.778. The number of hydrogen-bond acceptors (Lipinski definition) is 4. The first-order chi connectivity index (χ1) is 10.1. The molecule has 1 aromatic heterocycles. The molecular formula is C16H17BrN2O2. The summed E-state index contributed by atoms with van der Waals surface area (Å²) in [7, 11) is 3.32. The molecule has 0 aliphatic rings. The van der Waals surface area contributed by atoms with Crippen LogP contribution in [0.25, 0.3) is 0 Å². The van der Waals surface area contributed by atoms with Gasteiger partial charge in [0, 0.05) is 23.4 Å². The molecule has 2 rings (SSSR count). The van der Waals surface area contributed by atoms with E-state index in [2.05, 4.69) is 20.9 Å². The molecule has 4 nitrogen and oxygen atoms in total. The van der Waals surface area contributed by atoms with Crippen molar-refractivity contribution in [3.63, 3.8) is 0 Å². The molecule has 0 fully saturated rings. The van der Waals surface area contributed by atoms with E-state index in [1.807, 2.05) is 48.3 Å². The Hall–Kier alpha value is -1.72. The van der Waals surface area contributed by atoms with Crippen molar-refractivity contribution in [1.29, 1.82) is 0 Å². The molecule has 0 saturated carbocycles. The minimum Gasteiger partial charge on any atom is -0.468 e. The van der Waals surface area contributed by atoms with Gasteiger partial charge in [-0.2, -0.15) is 0 Å². The average Bonchev–Trinajstić information content (AvgIpc) is 2.50. The molecule has 0 spiro atoms. The van der Waals surface area contributed by atoms with Gasteiger partial charge in [-0.05, 0) is 42.4 Å². The zero-order valence-corrected chi connectivity index (χ0v) is 13.6. The second-order valence-corrected chi connectivity index (χ2v) is 5.66. The molecule has 0 N–H and O–H groups in total. The van der Waals surface area contributed by atoms with Crippen molar-refractivity contribution >= 4 is 21.9 Å². The number of carbonyl (C=O) groups is 1. The van der Waals surface area contributed by atoms with Crippen LogP contribution >= 0.6 is 15.9 Å². The number of carbonyl (C=O) groups excluding carboxylic acids is 1. The number of aromatic nitrogens is 1. The van der Waals surface area contributed by atoms with Crippen LogP contribution in [-0.2, 0) is 16.1 Å². The van der Waals surface area contributed by atoms with Crippen molar-refractivity contribution in [2.24, 2.45) is 0 Å². The van der Waals surface area contributed by atoms with E-state index in [4.69, 9.17) is 4.74 Å². The van der Waals surface area contributed by atoms with Crippen LogP contribution < -0.4 is 0 Å². The summed E-state index contributed by atoms with van der Waals surface area (Å²) in [6.45, 7) is 0.637. The minimum atomic E-state index is -0.434. The minimum absolute atomic E-state index is 0.270. The Balaban J connectivity index is 2.23. The normalized spacial score (nSPS) is 12.2. The number of nitrogens with zero attached hydrogens (tertiary/aromatic N) is 2. The summed E-state index contributed by atoms with van der Waals surface area (Å²) >= 11 is 3.40. The second kappa shape index (κ2) is 7.33. The zero-order chi connectivity index (χ0) is 15.2. The molecule has 21 heavy (non-hydrogen) atoms. The van der Waals surface area contributed by atoms with Gasteiger partial charge < -0.3 is 4.74 Å². The largest absolute Gasteiger partial charge is 0.468 e. The molecule has 1 heterocycles. The highest BCUT2D eigenvalue weighted by Crippen LogP contribution is 2.24. The van der Waals surface area contributed by atoms with Gasteiger partial charge in [0.1, 0.15) is 6.04 Å². The van der Waals surface area contributed by atoms with Crippen LogP contribution in [0.3, 0.4) is 0 Å². The number of halogens is 1. The third-order valence-corrected chi connectivity index (χ3v) is 3.76. The highest BCUT2D eigenvalue weighted by Gasteiger charge is 2.26. The van der Waals surface area contributed by atoms with E-state index in [0.717, 1.165) is 15.6 Å². The fourth-order valence-electron chi connectivity index (χ4n) is 2.19. The van der Waals surface area contributed by atoms with Gasteiger partial charge in [0.25, 0.3) is 0 Å². The Kier molecular flexibility index (Phi) is 5.47. The van der Waals surface area contributed by atoms with Gasteiger partial charge in [-0.1, -0.05) is 28.1 Å². The van der Waals surface area contributed by atoms with Crippen molar-refractivity contribution in [1.82, 2.24) is 9.88 Å². The summed E-state index contributed by atoms with van der Waals surface area (Å²) in [6, 6.07) is 11.1. The first-order valence-corrected chi connectivity index (χ1v) is 7.33. The van der Waals surface area contributed by atoms with Gasteiger partial charge in [-0.25, -0.2) is 4.79 Å². The maximum absolute atomic E-state index is 12.1. The molecule has 0 radical (unpaired) electrons. The smallest absolute Gasteiger partial charge is 0.327 e. The predicted molar refractivity (Wildman–Crippen MR) is 84.6 cm³/mol. The van der Waals surface area contributed by atoms with E-state index >= 15 is 0 Å². The number of pyridine rings is 1. The molecule has 2 aromatic rings. The number of benzene rings is 1. The summed E-state index contributed by atoms with van der Waals surface area (Å²) < 4.78 is 5.93. The molecule has 0 aliphatic heterocycles. The summed E-state index contributed by atoms with van der Waals surface area (Å²) in [4.78, 5) is 18.1. The van der Waals surface area contributed by atoms with Gasteiger partial charge in [0.2, 0.25) is 0 Å². The Morgan fingerprint density at radius 3 is 2.43 bits per heavy atom. The first-order valence-electron chi connectivity index (χ1n) is 6.54. The second-order valence-electron chi connectivity index (χ2n) is 4.75. The van der Waals surface area contributed by atoms with E-state index < -0.39 is 6.04 Å². The average molecular weight is 349 g/mol. The summed E-state index contributed by atoms with van der Waals surface area (Å²) in [5.41, 5.74) is 2.00. The molecule has 0 unspecified atom stereocenters. The molecule has 110 valence electrons. The van der Waals surface area contributed by atoms with Crippen LogP contribution in [0, 0.1) is 0 Å². The molecule has 1 atom stereocenters. The highest BCUT2D eigenvalue weighted by atomic mass is 79.9. The molecule has 0 saturated heterocycles. The third-order valence-electron chi connectivity index (χ3n) is 3.23. The number of ether oxygens (including phenoxy) is 1. The van der Waals surface area contributed by atoms with Crippen LogP contribution in [0.5, 0.6) is 0 Å². The van der Waals surface area contributed by atoms with Crippen molar-refractivity contribution in [2.45, 2.75) is 12.6 Å². The van der Waals surface area contributed by atoms with Crippen LogP contribution in [0.15, 0.2) is 53.3 Å². The number of hydrogen-bond donors (Lipinski definition) is 0. The summed E-state index contributed by atoms with van der Waals surface area (Å²) in [6.07, 6.45) is 3.49. The van der Waals surface area contributed by atoms with Crippen molar-refractivity contribution in [2.75, 3.05) is 14.2 Å². The molecule has 5 heteroatoms. The topological polar surface area (TPSA) is 42.4 Å². The Bertz CT molecular complexity index is 587. The number of esters is 1. The molecule has 0 aliphatic carbocycles. The first kappa shape index (κ1) is 15.7. The monoisotopic (exact) mass is 348 g/mol. The lowest BCUT2D eigenvalue weighted by molar-refractivity contribution is -0.147. The van der Waals surface area contributed by atoms with Crippen molar-refractivity contribution in [3.8, 4) is 0 Å². The maximum atomic E-state index is 12.1. The van der Waals surface area contributed by atoms with Crippen LogP contribution in [0.2, 0.25) is 0 Å². The van der Waals surface area contributed by atoms with E-state index in [0.29, 0.717) is 6.54 Å². The van der Waals surface area contributed by atoms with Gasteiger partial charge in [0.15, 0.2) is 0 Å². The number of rotatable bonds is 5. The predicted octanol–water partition coefficient (Wildman–Crippen LogP) is 3.19. The lowest BCUT2D eigenvalue weighted by atomic mass is 10.1. The van der Waals surface area contributed by atoms with Crippen molar-refractivity contribution in [3.05, 3.63) is 64.4 Å². The Labute approximate surface area is 132 Å². The molecule has 0 bridgehead atoms. The molecule has 0 amide bonds. The van der Waals surface area contributed by atoms with Crippen LogP contribution in [0.1, 0.15) is 17.2 Å². The Morgan fingerprint density at radius 1 is 1.24 bits per heavy atom. The van der Waals surface area contributed by atoms with E-state index in [1.54, 1.807) is 12.4 Å². The van der Waals surface area contributed by atoms with Gasteiger partial charge >= 0.3 is 5.97 Å². The zero-order valence-electron chi connectivity index (χ0n) is 12.0.